The third kappa shape index (κ3) is 16.6. The summed E-state index contributed by atoms with van der Waals surface area (Å²) in [6.07, 6.45) is -0.213. The van der Waals surface area contributed by atoms with E-state index in [9.17, 15) is 53.7 Å². The van der Waals surface area contributed by atoms with Gasteiger partial charge in [-0.2, -0.15) is 0 Å². The second kappa shape index (κ2) is 28.0. The number of nitrogens with two attached hydrogens (primary N) is 4. The molecule has 27 heteroatoms. The number of hydrogen-bond donors (Lipinski definition) is 16. The minimum absolute atomic E-state index is 0.00669. The predicted octanol–water partition coefficient (Wildman–Crippen LogP) is -0.861. The Kier molecular flexibility index (Phi) is 21.6. The minimum Gasteiger partial charge on any atom is -0.508 e. The number of primary amides is 1. The van der Waals surface area contributed by atoms with Gasteiger partial charge in [-0.1, -0.05) is 77.0 Å². The molecule has 436 valence electrons. The number of aliphatic imine (C=N–C) groups is 1. The van der Waals surface area contributed by atoms with E-state index in [1.165, 1.54) is 52.0 Å². The molecular weight excluding hydrogens is 1080 g/mol. The zero-order valence-electron chi connectivity index (χ0n) is 45.4. The lowest BCUT2D eigenvalue weighted by Gasteiger charge is -2.36. The maximum Gasteiger partial charge on any atom is 0.245 e. The monoisotopic (exact) mass is 1160 g/mol. The van der Waals surface area contributed by atoms with Crippen LogP contribution >= 0.6 is 21.6 Å². The second-order valence-electron chi connectivity index (χ2n) is 20.5. The average molecular weight is 1160 g/mol. The number of benzene rings is 3. The Balaban J connectivity index is 1.45. The highest BCUT2D eigenvalue weighted by molar-refractivity contribution is 8.77. The van der Waals surface area contributed by atoms with Gasteiger partial charge in [0.25, 0.3) is 0 Å². The smallest absolute Gasteiger partial charge is 0.245 e. The fraction of sp³-hybridized carbons (Fsp3) is 0.426. The number of amides is 8. The summed E-state index contributed by atoms with van der Waals surface area (Å²) in [5.41, 5.74) is 26.7. The van der Waals surface area contributed by atoms with Crippen LogP contribution < -0.4 is 60.2 Å². The van der Waals surface area contributed by atoms with Crippen LogP contribution in [0.4, 0.5) is 0 Å². The van der Waals surface area contributed by atoms with Gasteiger partial charge in [-0.05, 0) is 81.5 Å². The van der Waals surface area contributed by atoms with Crippen molar-refractivity contribution >= 4 is 96.6 Å². The van der Waals surface area contributed by atoms with Crippen LogP contribution in [-0.2, 0) is 51.2 Å². The first-order valence-electron chi connectivity index (χ1n) is 26.1. The quantitative estimate of drug-likeness (QED) is 0.0233. The molecule has 1 fully saturated rings. The van der Waals surface area contributed by atoms with E-state index in [1.807, 2.05) is 30.3 Å². The number of H-pyrrole nitrogens is 2. The number of aromatic amines is 2. The number of phenolic OH excluding ortho intramolecular Hbond substituents is 1. The largest absolute Gasteiger partial charge is 0.508 e. The van der Waals surface area contributed by atoms with Crippen molar-refractivity contribution in [1.82, 2.24) is 47.2 Å². The molecule has 3 aromatic carbocycles. The molecule has 1 aliphatic heterocycles. The number of aromatic hydroxyl groups is 1. The van der Waals surface area contributed by atoms with Crippen molar-refractivity contribution in [2.75, 3.05) is 12.3 Å². The summed E-state index contributed by atoms with van der Waals surface area (Å²) >= 11 is 0. The number of hydrogen-bond acceptors (Lipinski definition) is 15. The molecule has 0 saturated carbocycles. The molecule has 0 radical (unpaired) electrons. The van der Waals surface area contributed by atoms with Crippen LogP contribution in [0.2, 0.25) is 0 Å². The summed E-state index contributed by atoms with van der Waals surface area (Å²) < 4.78 is -1.46. The number of carbonyl (C=O) groups excluding carboxylic acids is 8. The maximum absolute atomic E-state index is 15.0. The molecule has 5 aromatic rings. The predicted molar refractivity (Wildman–Crippen MR) is 309 cm³/mol. The molecule has 1 saturated heterocycles. The van der Waals surface area contributed by atoms with Crippen molar-refractivity contribution in [2.45, 2.75) is 132 Å². The number of phenols is 1. The van der Waals surface area contributed by atoms with E-state index in [2.05, 4.69) is 52.2 Å². The van der Waals surface area contributed by atoms with Crippen molar-refractivity contribution in [2.24, 2.45) is 27.9 Å². The fourth-order valence-corrected chi connectivity index (χ4v) is 12.0. The Morgan fingerprint density at radius 1 is 0.741 bits per heavy atom. The standard InChI is InChI=1S/C54H72N14O11S2/c1-26(34-24-61-36-14-9-7-12-33(34)36)41(55)50(77)65-40-25-80-81-54(4,5)44(52(79)66-42(27(2)69)45(56)72)68-51(78)43(28(3)70)67-46(73)37(15-10-20-59-53(57)58)62-48(75)39(22-30-23-60-35-13-8-6-11-32(30)35)64-47(74)38(63-49(40)76)21-29-16-18-31(71)19-17-29/h6-9,11-14,16-19,23-24,26-28,37-44,60-61,69-71H,10,15,20-22,25,55H2,1-5H3,(H2,56,72)(H,62,75)(H,63,76)(H,64,74)(H,65,77)(H,66,79)(H,67,73)(H,68,78)(H4,57,58,59)/t26-,27+,28+,37-,38-,39-,40-,41+,42-,43+,44-/m0/s1. The lowest BCUT2D eigenvalue weighted by atomic mass is 9.93. The maximum atomic E-state index is 15.0. The van der Waals surface area contributed by atoms with Crippen molar-refractivity contribution < 1.29 is 53.7 Å². The van der Waals surface area contributed by atoms with Gasteiger partial charge in [0, 0.05) is 70.0 Å². The molecule has 0 spiro atoms. The van der Waals surface area contributed by atoms with Crippen molar-refractivity contribution in [1.29, 1.82) is 0 Å². The zero-order chi connectivity index (χ0) is 59.3. The van der Waals surface area contributed by atoms with Gasteiger partial charge in [0.2, 0.25) is 47.3 Å². The molecule has 0 unspecified atom stereocenters. The van der Waals surface area contributed by atoms with Crippen LogP contribution in [-0.4, -0.2) is 156 Å². The van der Waals surface area contributed by atoms with Crippen LogP contribution in [0.1, 0.15) is 70.1 Å². The van der Waals surface area contributed by atoms with E-state index in [4.69, 9.17) is 22.9 Å². The third-order valence-electron chi connectivity index (χ3n) is 13.8. The Labute approximate surface area is 474 Å². The summed E-state index contributed by atoms with van der Waals surface area (Å²) in [7, 11) is 1.92. The van der Waals surface area contributed by atoms with Gasteiger partial charge in [0.05, 0.1) is 18.2 Å². The minimum atomic E-state index is -1.81. The van der Waals surface area contributed by atoms with Gasteiger partial charge in [0.15, 0.2) is 5.96 Å². The normalized spacial score (nSPS) is 22.5. The molecule has 25 nitrogen and oxygen atoms in total. The third-order valence-corrected chi connectivity index (χ3v) is 17.1. The molecule has 11 atom stereocenters. The number of aliphatic hydroxyl groups is 2. The van der Waals surface area contributed by atoms with Gasteiger partial charge in [-0.3, -0.25) is 43.3 Å². The lowest BCUT2D eigenvalue weighted by Crippen LogP contribution is -2.65. The Bertz CT molecular complexity index is 3090. The first kappa shape index (κ1) is 62.3. The number of nitrogens with one attached hydrogen (secondary N) is 9. The second-order valence-corrected chi connectivity index (χ2v) is 23.5. The van der Waals surface area contributed by atoms with Crippen molar-refractivity contribution in [3.63, 3.8) is 0 Å². The summed E-state index contributed by atoms with van der Waals surface area (Å²) in [4.78, 5) is 125. The van der Waals surface area contributed by atoms with E-state index in [0.29, 0.717) is 22.0 Å². The van der Waals surface area contributed by atoms with Gasteiger partial charge in [-0.25, -0.2) is 0 Å². The van der Waals surface area contributed by atoms with Gasteiger partial charge in [-0.15, -0.1) is 0 Å². The number of para-hydroxylation sites is 2. The van der Waals surface area contributed by atoms with Crippen molar-refractivity contribution in [3.8, 4) is 5.75 Å². The van der Waals surface area contributed by atoms with Crippen LogP contribution in [0.15, 0.2) is 90.2 Å². The van der Waals surface area contributed by atoms with E-state index >= 15 is 0 Å². The number of guanidine groups is 1. The van der Waals surface area contributed by atoms with Gasteiger partial charge < -0.3 is 85.4 Å². The van der Waals surface area contributed by atoms with E-state index in [-0.39, 0.29) is 49.7 Å². The molecule has 3 heterocycles. The molecule has 8 amide bonds. The number of carbonyl (C=O) groups is 8. The highest BCUT2D eigenvalue weighted by Gasteiger charge is 2.43. The van der Waals surface area contributed by atoms with Crippen molar-refractivity contribution in [3.05, 3.63) is 102 Å². The molecule has 20 N–H and O–H groups in total. The number of rotatable bonds is 17. The fourth-order valence-electron chi connectivity index (χ4n) is 9.15. The first-order chi connectivity index (χ1) is 38.3. The average Bonchev–Trinajstić information content (AvgIpc) is 4.06. The van der Waals surface area contributed by atoms with Crippen LogP contribution in [0, 0.1) is 0 Å². The molecule has 81 heavy (non-hydrogen) atoms. The summed E-state index contributed by atoms with van der Waals surface area (Å²) in [6.45, 7) is 7.21. The molecule has 2 aromatic heterocycles. The van der Waals surface area contributed by atoms with Crippen LogP contribution in [0.5, 0.6) is 5.75 Å². The number of fused-ring (bicyclic) bond motifs is 2. The lowest BCUT2D eigenvalue weighted by molar-refractivity contribution is -0.137. The van der Waals surface area contributed by atoms with E-state index in [1.54, 1.807) is 37.5 Å². The topological polar surface area (TPSA) is 429 Å². The first-order valence-corrected chi connectivity index (χ1v) is 28.5. The molecule has 0 aliphatic carbocycles. The number of aromatic nitrogens is 2. The molecule has 1 aliphatic rings. The highest BCUT2D eigenvalue weighted by Crippen LogP contribution is 2.39. The van der Waals surface area contributed by atoms with Gasteiger partial charge >= 0.3 is 0 Å². The summed E-state index contributed by atoms with van der Waals surface area (Å²) in [5, 5.41) is 51.8. The highest BCUT2D eigenvalue weighted by atomic mass is 33.1. The summed E-state index contributed by atoms with van der Waals surface area (Å²) in [6, 6.07) is 8.16. The Morgan fingerprint density at radius 2 is 1.32 bits per heavy atom. The number of aliphatic hydroxyl groups excluding tert-OH is 2. The summed E-state index contributed by atoms with van der Waals surface area (Å²) in [5.74, 6) is -8.82. The van der Waals surface area contributed by atoms with Gasteiger partial charge in [0.1, 0.15) is 48.0 Å². The van der Waals surface area contributed by atoms with Crippen LogP contribution in [0.3, 0.4) is 0 Å². The SMILES string of the molecule is C[C@@H](O)[C@H](NC(=O)[C@@H]1NC(=O)[C@@H]([C@@H](C)O)NC(=O)[C@H](CCCN=C(N)N)NC(=O)[C@H](Cc2c[nH]c3ccccc23)NC(=O)[C@H](Cc2ccc(O)cc2)NC(=O)[C@@H](NC(=O)[C@H](N)[C@@H](C)c2c[nH]c3ccccc23)CSSC1(C)C)C(N)=O. The number of nitrogens with zero attached hydrogens (tertiary/aromatic N) is 1. The Morgan fingerprint density at radius 3 is 1.95 bits per heavy atom. The van der Waals surface area contributed by atoms with E-state index in [0.717, 1.165) is 38.1 Å². The molecule has 6 rings (SSSR count). The van der Waals surface area contributed by atoms with E-state index < -0.39 is 118 Å². The molecule has 0 bridgehead atoms. The molecular formula is C54H72N14O11S2. The Hall–Kier alpha value is -7.85. The van der Waals surface area contributed by atoms with Crippen LogP contribution in [0.25, 0.3) is 21.8 Å². The zero-order valence-corrected chi connectivity index (χ0v) is 47.0.